The van der Waals surface area contributed by atoms with Crippen LogP contribution in [0.5, 0.6) is 0 Å². The van der Waals surface area contributed by atoms with Crippen LogP contribution in [0.25, 0.3) is 0 Å². The fourth-order valence-corrected chi connectivity index (χ4v) is 2.96. The van der Waals surface area contributed by atoms with Gasteiger partial charge in [0.15, 0.2) is 6.10 Å². The van der Waals surface area contributed by atoms with Crippen molar-refractivity contribution >= 4 is 27.7 Å². The SMILES string of the molecule is OC1c2c(Br)cccc2SC1(F)F. The van der Waals surface area contributed by atoms with E-state index < -0.39 is 11.4 Å². The van der Waals surface area contributed by atoms with E-state index in [1.807, 2.05) is 0 Å². The molecule has 0 radical (unpaired) electrons. The molecular formula is C8H5BrF2OS. The number of benzene rings is 1. The van der Waals surface area contributed by atoms with Crippen LogP contribution in [0.15, 0.2) is 27.6 Å². The van der Waals surface area contributed by atoms with Crippen molar-refractivity contribution in [3.63, 3.8) is 0 Å². The van der Waals surface area contributed by atoms with E-state index in [1.54, 1.807) is 18.2 Å². The molecule has 1 heterocycles. The van der Waals surface area contributed by atoms with Crippen LogP contribution in [0.2, 0.25) is 0 Å². The number of aliphatic hydroxyl groups is 1. The highest BCUT2D eigenvalue weighted by atomic mass is 79.9. The van der Waals surface area contributed by atoms with Gasteiger partial charge in [0.05, 0.1) is 0 Å². The van der Waals surface area contributed by atoms with Crippen molar-refractivity contribution in [1.29, 1.82) is 0 Å². The Bertz CT molecular complexity index is 356. The molecule has 1 aliphatic rings. The number of hydrogen-bond acceptors (Lipinski definition) is 2. The molecule has 0 bridgehead atoms. The van der Waals surface area contributed by atoms with E-state index in [9.17, 15) is 13.9 Å². The van der Waals surface area contributed by atoms with Crippen molar-refractivity contribution in [3.8, 4) is 0 Å². The third-order valence-corrected chi connectivity index (χ3v) is 3.61. The van der Waals surface area contributed by atoms with Crippen LogP contribution in [0.1, 0.15) is 11.7 Å². The van der Waals surface area contributed by atoms with Crippen LogP contribution in [-0.2, 0) is 0 Å². The van der Waals surface area contributed by atoms with E-state index in [4.69, 9.17) is 0 Å². The third-order valence-electron chi connectivity index (χ3n) is 1.85. The summed E-state index contributed by atoms with van der Waals surface area (Å²) in [5, 5.41) is 6.18. The van der Waals surface area contributed by atoms with Gasteiger partial charge in [-0.2, -0.15) is 8.78 Å². The molecule has 0 aliphatic carbocycles. The summed E-state index contributed by atoms with van der Waals surface area (Å²) in [5.41, 5.74) is 0.289. The van der Waals surface area contributed by atoms with Gasteiger partial charge >= 0.3 is 5.25 Å². The third kappa shape index (κ3) is 1.39. The molecule has 0 saturated heterocycles. The van der Waals surface area contributed by atoms with Crippen molar-refractivity contribution in [2.45, 2.75) is 16.3 Å². The number of aliphatic hydroxyl groups excluding tert-OH is 1. The molecule has 70 valence electrons. The summed E-state index contributed by atoms with van der Waals surface area (Å²) in [6.45, 7) is 0. The summed E-state index contributed by atoms with van der Waals surface area (Å²) in [6, 6.07) is 4.89. The lowest BCUT2D eigenvalue weighted by atomic mass is 10.1. The highest BCUT2D eigenvalue weighted by Crippen LogP contribution is 2.55. The smallest absolute Gasteiger partial charge is 0.327 e. The van der Waals surface area contributed by atoms with Gasteiger partial charge < -0.3 is 5.11 Å². The minimum atomic E-state index is -3.10. The number of fused-ring (bicyclic) bond motifs is 1. The van der Waals surface area contributed by atoms with Gasteiger partial charge in [0.1, 0.15) is 0 Å². The maximum atomic E-state index is 13.0. The molecule has 1 aromatic rings. The summed E-state index contributed by atoms with van der Waals surface area (Å²) in [5.74, 6) is 0. The maximum Gasteiger partial charge on any atom is 0.327 e. The Morgan fingerprint density at radius 3 is 2.77 bits per heavy atom. The van der Waals surface area contributed by atoms with Crippen LogP contribution in [-0.4, -0.2) is 10.4 Å². The lowest BCUT2D eigenvalue weighted by molar-refractivity contribution is -0.0313. The van der Waals surface area contributed by atoms with Crippen molar-refractivity contribution < 1.29 is 13.9 Å². The second kappa shape index (κ2) is 2.93. The van der Waals surface area contributed by atoms with Crippen LogP contribution >= 0.6 is 27.7 Å². The number of rotatable bonds is 0. The Kier molecular flexibility index (Phi) is 2.13. The van der Waals surface area contributed by atoms with Crippen molar-refractivity contribution in [2.75, 3.05) is 0 Å². The molecule has 5 heteroatoms. The summed E-state index contributed by atoms with van der Waals surface area (Å²) < 4.78 is 26.5. The first-order chi connectivity index (χ1) is 6.02. The van der Waals surface area contributed by atoms with Crippen LogP contribution in [0, 0.1) is 0 Å². The Labute approximate surface area is 86.3 Å². The van der Waals surface area contributed by atoms with Gasteiger partial charge in [0.25, 0.3) is 0 Å². The van der Waals surface area contributed by atoms with Gasteiger partial charge in [-0.05, 0) is 23.9 Å². The lowest BCUT2D eigenvalue weighted by Crippen LogP contribution is -2.16. The van der Waals surface area contributed by atoms with E-state index in [-0.39, 0.29) is 5.56 Å². The molecule has 1 unspecified atom stereocenters. The molecule has 1 atom stereocenters. The Morgan fingerprint density at radius 2 is 2.15 bits per heavy atom. The average molecular weight is 267 g/mol. The summed E-state index contributed by atoms with van der Waals surface area (Å²) in [4.78, 5) is 0.437. The average Bonchev–Trinajstić information content (AvgIpc) is 2.24. The minimum Gasteiger partial charge on any atom is -0.381 e. The number of hydrogen-bond donors (Lipinski definition) is 1. The summed E-state index contributed by atoms with van der Waals surface area (Å²) >= 11 is 3.53. The largest absolute Gasteiger partial charge is 0.381 e. The Hall–Kier alpha value is -0.130. The molecule has 1 N–H and O–H groups in total. The number of halogens is 3. The Balaban J connectivity index is 2.57. The van der Waals surface area contributed by atoms with E-state index in [0.717, 1.165) is 0 Å². The molecule has 2 rings (SSSR count). The normalized spacial score (nSPS) is 24.5. The fraction of sp³-hybridized carbons (Fsp3) is 0.250. The predicted molar refractivity (Wildman–Crippen MR) is 49.9 cm³/mol. The molecule has 0 amide bonds. The van der Waals surface area contributed by atoms with E-state index in [0.29, 0.717) is 21.1 Å². The Morgan fingerprint density at radius 1 is 1.46 bits per heavy atom. The molecule has 13 heavy (non-hydrogen) atoms. The van der Waals surface area contributed by atoms with Crippen molar-refractivity contribution in [3.05, 3.63) is 28.2 Å². The first kappa shape index (κ1) is 9.43. The van der Waals surface area contributed by atoms with Crippen LogP contribution in [0.4, 0.5) is 8.78 Å². The maximum absolute atomic E-state index is 13.0. The molecule has 0 saturated carbocycles. The zero-order valence-electron chi connectivity index (χ0n) is 6.30. The molecule has 0 spiro atoms. The van der Waals surface area contributed by atoms with Crippen molar-refractivity contribution in [2.24, 2.45) is 0 Å². The van der Waals surface area contributed by atoms with Gasteiger partial charge in [-0.15, -0.1) is 0 Å². The standard InChI is InChI=1S/C8H5BrF2OS/c9-4-2-1-3-5-6(4)7(12)8(10,11)13-5/h1-3,7,12H. The molecule has 1 aliphatic heterocycles. The topological polar surface area (TPSA) is 20.2 Å². The second-order valence-corrected chi connectivity index (χ2v) is 4.76. The van der Waals surface area contributed by atoms with Crippen LogP contribution < -0.4 is 0 Å². The van der Waals surface area contributed by atoms with Crippen molar-refractivity contribution in [1.82, 2.24) is 0 Å². The second-order valence-electron chi connectivity index (χ2n) is 2.72. The molecule has 1 nitrogen and oxygen atoms in total. The highest BCUT2D eigenvalue weighted by Gasteiger charge is 2.48. The summed E-state index contributed by atoms with van der Waals surface area (Å²) in [6.07, 6.45) is -1.71. The molecule has 0 fully saturated rings. The molecule has 1 aromatic carbocycles. The van der Waals surface area contributed by atoms with Gasteiger partial charge in [-0.25, -0.2) is 0 Å². The van der Waals surface area contributed by atoms with E-state index in [2.05, 4.69) is 15.9 Å². The highest BCUT2D eigenvalue weighted by molar-refractivity contribution is 9.10. The first-order valence-electron chi connectivity index (χ1n) is 3.55. The monoisotopic (exact) mass is 266 g/mol. The lowest BCUT2D eigenvalue weighted by Gasteiger charge is -2.12. The van der Waals surface area contributed by atoms with Gasteiger partial charge in [0, 0.05) is 14.9 Å². The van der Waals surface area contributed by atoms with Gasteiger partial charge in [-0.3, -0.25) is 0 Å². The fourth-order valence-electron chi connectivity index (χ4n) is 1.24. The molecule has 0 aromatic heterocycles. The van der Waals surface area contributed by atoms with Crippen LogP contribution in [0.3, 0.4) is 0 Å². The first-order valence-corrected chi connectivity index (χ1v) is 5.16. The predicted octanol–water partition coefficient (Wildman–Crippen LogP) is 3.18. The quantitative estimate of drug-likeness (QED) is 0.779. The minimum absolute atomic E-state index is 0.289. The summed E-state index contributed by atoms with van der Waals surface area (Å²) in [7, 11) is 0. The number of alkyl halides is 2. The van der Waals surface area contributed by atoms with E-state index in [1.165, 1.54) is 0 Å². The zero-order valence-corrected chi connectivity index (χ0v) is 8.70. The van der Waals surface area contributed by atoms with Gasteiger partial charge in [0.2, 0.25) is 0 Å². The van der Waals surface area contributed by atoms with E-state index >= 15 is 0 Å². The van der Waals surface area contributed by atoms with Gasteiger partial charge in [-0.1, -0.05) is 22.0 Å². The zero-order chi connectivity index (χ0) is 9.64. The number of thioether (sulfide) groups is 1. The molecular weight excluding hydrogens is 262 g/mol.